The van der Waals surface area contributed by atoms with Crippen molar-refractivity contribution in [2.45, 2.75) is 25.0 Å². The number of carbonyl (C=O) groups is 1. The van der Waals surface area contributed by atoms with Crippen LogP contribution in [0.3, 0.4) is 0 Å². The molecule has 1 aromatic heterocycles. The number of rotatable bonds is 1. The number of aliphatic hydroxyl groups is 1. The molecular formula is C8H9ClN2O3. The number of carboxylic acids is 1. The molecule has 1 aliphatic rings. The number of hydrogen-bond donors (Lipinski definition) is 2. The van der Waals surface area contributed by atoms with Crippen molar-refractivity contribution in [3.05, 3.63) is 17.2 Å². The molecule has 14 heavy (non-hydrogen) atoms. The molecule has 2 rings (SSSR count). The van der Waals surface area contributed by atoms with Crippen LogP contribution in [0.25, 0.3) is 0 Å². The Morgan fingerprint density at radius 2 is 2.43 bits per heavy atom. The molecule has 0 saturated carbocycles. The number of nitrogens with zero attached hydrogens (tertiary/aromatic N) is 2. The quantitative estimate of drug-likeness (QED) is 0.708. The van der Waals surface area contributed by atoms with Crippen molar-refractivity contribution in [2.75, 3.05) is 0 Å². The molecule has 5 nitrogen and oxygen atoms in total. The minimum absolute atomic E-state index is 0.0150. The van der Waals surface area contributed by atoms with Gasteiger partial charge in [0.15, 0.2) is 5.60 Å². The lowest BCUT2D eigenvalue weighted by Gasteiger charge is -2.28. The summed E-state index contributed by atoms with van der Waals surface area (Å²) < 4.78 is 1.76. The van der Waals surface area contributed by atoms with E-state index >= 15 is 0 Å². The molecule has 1 aliphatic heterocycles. The fourth-order valence-corrected chi connectivity index (χ4v) is 1.82. The van der Waals surface area contributed by atoms with Crippen molar-refractivity contribution < 1.29 is 15.0 Å². The molecular weight excluding hydrogens is 208 g/mol. The number of halogens is 1. The highest BCUT2D eigenvalue weighted by Crippen LogP contribution is 2.28. The Balaban J connectivity index is 2.37. The maximum Gasteiger partial charge on any atom is 0.336 e. The van der Waals surface area contributed by atoms with E-state index in [9.17, 15) is 9.90 Å². The Bertz CT molecular complexity index is 390. The van der Waals surface area contributed by atoms with Crippen molar-refractivity contribution in [1.29, 1.82) is 0 Å². The summed E-state index contributed by atoms with van der Waals surface area (Å²) in [4.78, 5) is 14.6. The van der Waals surface area contributed by atoms with E-state index in [1.807, 2.05) is 0 Å². The largest absolute Gasteiger partial charge is 0.479 e. The second-order valence-electron chi connectivity index (χ2n) is 3.44. The van der Waals surface area contributed by atoms with Crippen LogP contribution in [0.2, 0.25) is 5.15 Å². The lowest BCUT2D eigenvalue weighted by molar-refractivity contribution is -0.160. The first kappa shape index (κ1) is 9.48. The summed E-state index contributed by atoms with van der Waals surface area (Å²) in [6, 6.07) is 0. The predicted octanol–water partition coefficient (Wildman–Crippen LogP) is 0.298. The average molecular weight is 217 g/mol. The summed E-state index contributed by atoms with van der Waals surface area (Å²) in [5.74, 6) is -1.21. The van der Waals surface area contributed by atoms with Crippen LogP contribution in [0, 0.1) is 0 Å². The normalized spacial score (nSPS) is 25.9. The van der Waals surface area contributed by atoms with Gasteiger partial charge in [0.2, 0.25) is 0 Å². The molecule has 1 atom stereocenters. The topological polar surface area (TPSA) is 75.3 Å². The summed E-state index contributed by atoms with van der Waals surface area (Å²) in [6.07, 6.45) is 1.75. The van der Waals surface area contributed by atoms with Gasteiger partial charge < -0.3 is 14.8 Å². The minimum atomic E-state index is -1.69. The second-order valence-corrected chi connectivity index (χ2v) is 3.80. The predicted molar refractivity (Wildman–Crippen MR) is 48.1 cm³/mol. The van der Waals surface area contributed by atoms with Gasteiger partial charge in [0.25, 0.3) is 0 Å². The summed E-state index contributed by atoms with van der Waals surface area (Å²) >= 11 is 5.75. The van der Waals surface area contributed by atoms with E-state index < -0.39 is 11.6 Å². The molecule has 0 spiro atoms. The smallest absolute Gasteiger partial charge is 0.336 e. The average Bonchev–Trinajstić information content (AvgIpc) is 2.48. The highest BCUT2D eigenvalue weighted by atomic mass is 35.5. The number of aryl methyl sites for hydroxylation is 1. The van der Waals surface area contributed by atoms with E-state index in [1.165, 1.54) is 0 Å². The van der Waals surface area contributed by atoms with Gasteiger partial charge in [-0.15, -0.1) is 0 Å². The molecule has 2 N–H and O–H groups in total. The Kier molecular flexibility index (Phi) is 2.01. The van der Waals surface area contributed by atoms with Crippen LogP contribution in [0.1, 0.15) is 12.1 Å². The number of hydrogen-bond acceptors (Lipinski definition) is 3. The monoisotopic (exact) mass is 216 g/mol. The van der Waals surface area contributed by atoms with E-state index in [4.69, 9.17) is 16.7 Å². The zero-order valence-electron chi connectivity index (χ0n) is 7.27. The van der Waals surface area contributed by atoms with Crippen LogP contribution in [-0.2, 0) is 17.8 Å². The Morgan fingerprint density at radius 1 is 1.71 bits per heavy atom. The summed E-state index contributed by atoms with van der Waals surface area (Å²) in [7, 11) is 0. The van der Waals surface area contributed by atoms with Gasteiger partial charge in [-0.3, -0.25) is 0 Å². The molecule has 1 unspecified atom stereocenters. The molecule has 0 aromatic carbocycles. The van der Waals surface area contributed by atoms with Crippen molar-refractivity contribution in [1.82, 2.24) is 9.55 Å². The number of imidazole rings is 1. The highest BCUT2D eigenvalue weighted by molar-refractivity contribution is 6.30. The van der Waals surface area contributed by atoms with E-state index in [0.29, 0.717) is 12.2 Å². The number of carboxylic acid groups (broad SMARTS) is 1. The third-order valence-electron chi connectivity index (χ3n) is 2.52. The Hall–Kier alpha value is -1.07. The van der Waals surface area contributed by atoms with Gasteiger partial charge in [-0.2, -0.15) is 0 Å². The Morgan fingerprint density at radius 3 is 3.07 bits per heavy atom. The zero-order valence-corrected chi connectivity index (χ0v) is 8.03. The van der Waals surface area contributed by atoms with E-state index in [1.54, 1.807) is 10.9 Å². The van der Waals surface area contributed by atoms with Crippen LogP contribution in [0.4, 0.5) is 0 Å². The summed E-state index contributed by atoms with van der Waals surface area (Å²) in [5.41, 5.74) is -1.11. The van der Waals surface area contributed by atoms with Gasteiger partial charge in [0.1, 0.15) is 5.15 Å². The second kappa shape index (κ2) is 2.96. The third-order valence-corrected chi connectivity index (χ3v) is 2.84. The van der Waals surface area contributed by atoms with Gasteiger partial charge in [0, 0.05) is 19.4 Å². The molecule has 0 saturated heterocycles. The van der Waals surface area contributed by atoms with Crippen molar-refractivity contribution in [3.8, 4) is 0 Å². The molecule has 0 bridgehead atoms. The molecule has 0 amide bonds. The minimum Gasteiger partial charge on any atom is -0.479 e. The van der Waals surface area contributed by atoms with Crippen LogP contribution in [-0.4, -0.2) is 31.3 Å². The lowest BCUT2D eigenvalue weighted by atomic mass is 9.91. The lowest BCUT2D eigenvalue weighted by Crippen LogP contribution is -2.45. The van der Waals surface area contributed by atoms with Gasteiger partial charge in [-0.1, -0.05) is 11.6 Å². The van der Waals surface area contributed by atoms with Crippen LogP contribution < -0.4 is 0 Å². The number of aromatic nitrogens is 2. The fraction of sp³-hybridized carbons (Fsp3) is 0.500. The first-order valence-corrected chi connectivity index (χ1v) is 4.56. The maximum atomic E-state index is 10.8. The summed E-state index contributed by atoms with van der Waals surface area (Å²) in [5, 5.41) is 18.8. The molecule has 2 heterocycles. The third kappa shape index (κ3) is 1.29. The maximum absolute atomic E-state index is 10.8. The number of aliphatic carboxylic acids is 1. The van der Waals surface area contributed by atoms with Gasteiger partial charge in [-0.25, -0.2) is 9.78 Å². The van der Waals surface area contributed by atoms with Crippen LogP contribution >= 0.6 is 11.6 Å². The SMILES string of the molecule is O=C(O)C1(O)CCn2cnc(Cl)c2C1. The molecule has 76 valence electrons. The molecule has 0 radical (unpaired) electrons. The highest BCUT2D eigenvalue weighted by Gasteiger charge is 2.40. The summed E-state index contributed by atoms with van der Waals surface area (Å²) in [6.45, 7) is 0.428. The van der Waals surface area contributed by atoms with E-state index in [2.05, 4.69) is 4.98 Å². The van der Waals surface area contributed by atoms with Gasteiger partial charge in [-0.05, 0) is 0 Å². The molecule has 0 aliphatic carbocycles. The molecule has 1 aromatic rings. The van der Waals surface area contributed by atoms with Crippen LogP contribution in [0.5, 0.6) is 0 Å². The molecule has 0 fully saturated rings. The first-order valence-electron chi connectivity index (χ1n) is 4.18. The van der Waals surface area contributed by atoms with Crippen molar-refractivity contribution in [2.24, 2.45) is 0 Å². The zero-order chi connectivity index (χ0) is 10.3. The van der Waals surface area contributed by atoms with E-state index in [-0.39, 0.29) is 18.0 Å². The van der Waals surface area contributed by atoms with Crippen LogP contribution in [0.15, 0.2) is 6.33 Å². The number of fused-ring (bicyclic) bond motifs is 1. The van der Waals surface area contributed by atoms with Crippen molar-refractivity contribution in [3.63, 3.8) is 0 Å². The fourth-order valence-electron chi connectivity index (χ4n) is 1.60. The molecule has 6 heteroatoms. The van der Waals surface area contributed by atoms with Gasteiger partial charge in [0.05, 0.1) is 12.0 Å². The van der Waals surface area contributed by atoms with Crippen molar-refractivity contribution >= 4 is 17.6 Å². The standard InChI is InChI=1S/C8H9ClN2O3/c9-6-5-3-8(14,7(12)13)1-2-11(5)4-10-6/h4,14H,1-3H2,(H,12,13). The van der Waals surface area contributed by atoms with Gasteiger partial charge >= 0.3 is 5.97 Å². The first-order chi connectivity index (χ1) is 6.53. The Labute approximate surface area is 84.9 Å². The van der Waals surface area contributed by atoms with E-state index in [0.717, 1.165) is 0 Å².